The minimum absolute atomic E-state index is 0.0324. The standard InChI is InChI=1S/C19H22N2O3S2/c1-14-13-21(15(2)22)18-9-8-17(12-19(18)25-14)26(23,24)20-11-10-16-6-4-3-5-7-16/h3-9,12,14,20H,10-11,13H2,1-2H3. The lowest BCUT2D eigenvalue weighted by Crippen LogP contribution is -2.37. The topological polar surface area (TPSA) is 66.5 Å². The van der Waals surface area contributed by atoms with Gasteiger partial charge in [-0.1, -0.05) is 37.3 Å². The third-order valence-corrected chi connectivity index (χ3v) is 6.82. The van der Waals surface area contributed by atoms with Crippen molar-refractivity contribution in [1.29, 1.82) is 0 Å². The minimum Gasteiger partial charge on any atom is -0.310 e. The third kappa shape index (κ3) is 4.28. The van der Waals surface area contributed by atoms with Gasteiger partial charge in [-0.3, -0.25) is 4.79 Å². The molecule has 0 aliphatic carbocycles. The zero-order valence-electron chi connectivity index (χ0n) is 14.8. The number of sulfonamides is 1. The summed E-state index contributed by atoms with van der Waals surface area (Å²) in [7, 11) is -3.59. The predicted molar refractivity (Wildman–Crippen MR) is 105 cm³/mol. The van der Waals surface area contributed by atoms with E-state index in [-0.39, 0.29) is 16.1 Å². The molecular weight excluding hydrogens is 368 g/mol. The van der Waals surface area contributed by atoms with Crippen molar-refractivity contribution in [1.82, 2.24) is 4.72 Å². The van der Waals surface area contributed by atoms with Crippen molar-refractivity contribution in [3.8, 4) is 0 Å². The summed E-state index contributed by atoms with van der Waals surface area (Å²) >= 11 is 1.60. The van der Waals surface area contributed by atoms with Gasteiger partial charge in [0, 0.05) is 30.2 Å². The number of benzene rings is 2. The lowest BCUT2D eigenvalue weighted by Gasteiger charge is -2.32. The second-order valence-electron chi connectivity index (χ2n) is 6.32. The zero-order valence-corrected chi connectivity index (χ0v) is 16.4. The van der Waals surface area contributed by atoms with Crippen LogP contribution in [0.25, 0.3) is 0 Å². The molecule has 0 saturated carbocycles. The summed E-state index contributed by atoms with van der Waals surface area (Å²) in [6.45, 7) is 4.53. The number of nitrogens with one attached hydrogen (secondary N) is 1. The van der Waals surface area contributed by atoms with Gasteiger partial charge < -0.3 is 4.90 Å². The second kappa shape index (κ2) is 7.82. The SMILES string of the molecule is CC(=O)N1CC(C)Sc2cc(S(=O)(=O)NCCc3ccccc3)ccc21. The van der Waals surface area contributed by atoms with Crippen LogP contribution in [0.3, 0.4) is 0 Å². The van der Waals surface area contributed by atoms with Crippen LogP contribution in [0.4, 0.5) is 5.69 Å². The van der Waals surface area contributed by atoms with Gasteiger partial charge in [0.05, 0.1) is 10.6 Å². The van der Waals surface area contributed by atoms with Crippen LogP contribution in [-0.4, -0.2) is 32.7 Å². The number of carbonyl (C=O) groups excluding carboxylic acids is 1. The Bertz CT molecular complexity index is 898. The molecule has 2 aromatic rings. The second-order valence-corrected chi connectivity index (χ2v) is 9.57. The Hall–Kier alpha value is -1.83. The number of rotatable bonds is 5. The molecule has 26 heavy (non-hydrogen) atoms. The lowest BCUT2D eigenvalue weighted by molar-refractivity contribution is -0.116. The van der Waals surface area contributed by atoms with Crippen molar-refractivity contribution in [2.24, 2.45) is 0 Å². The van der Waals surface area contributed by atoms with Gasteiger partial charge in [0.15, 0.2) is 0 Å². The number of anilines is 1. The van der Waals surface area contributed by atoms with Crippen molar-refractivity contribution in [2.45, 2.75) is 35.3 Å². The largest absolute Gasteiger partial charge is 0.310 e. The average molecular weight is 391 g/mol. The van der Waals surface area contributed by atoms with E-state index in [2.05, 4.69) is 4.72 Å². The van der Waals surface area contributed by atoms with E-state index < -0.39 is 10.0 Å². The van der Waals surface area contributed by atoms with Crippen molar-refractivity contribution < 1.29 is 13.2 Å². The number of carbonyl (C=O) groups is 1. The summed E-state index contributed by atoms with van der Waals surface area (Å²) in [4.78, 5) is 14.6. The van der Waals surface area contributed by atoms with Gasteiger partial charge in [-0.05, 0) is 30.2 Å². The first-order valence-corrected chi connectivity index (χ1v) is 10.9. The van der Waals surface area contributed by atoms with Crippen LogP contribution in [-0.2, 0) is 21.2 Å². The van der Waals surface area contributed by atoms with Crippen LogP contribution in [0.2, 0.25) is 0 Å². The van der Waals surface area contributed by atoms with Crippen LogP contribution in [0.1, 0.15) is 19.4 Å². The Kier molecular flexibility index (Phi) is 5.70. The molecule has 0 aromatic heterocycles. The predicted octanol–water partition coefficient (Wildman–Crippen LogP) is 3.05. The molecule has 0 spiro atoms. The molecule has 0 radical (unpaired) electrons. The van der Waals surface area contributed by atoms with Crippen molar-refractivity contribution in [3.63, 3.8) is 0 Å². The fourth-order valence-corrected chi connectivity index (χ4v) is 5.23. The van der Waals surface area contributed by atoms with E-state index in [1.54, 1.807) is 34.9 Å². The Balaban J connectivity index is 1.76. The molecule has 0 bridgehead atoms. The lowest BCUT2D eigenvalue weighted by atomic mass is 10.2. The zero-order chi connectivity index (χ0) is 18.7. The summed E-state index contributed by atoms with van der Waals surface area (Å²) in [5, 5.41) is 0.218. The highest BCUT2D eigenvalue weighted by Gasteiger charge is 2.26. The molecule has 1 aliphatic heterocycles. The monoisotopic (exact) mass is 390 g/mol. The van der Waals surface area contributed by atoms with Gasteiger partial charge in [0.25, 0.3) is 0 Å². The molecule has 138 valence electrons. The van der Waals surface area contributed by atoms with E-state index in [0.717, 1.165) is 16.1 Å². The van der Waals surface area contributed by atoms with Gasteiger partial charge in [0.2, 0.25) is 15.9 Å². The number of hydrogen-bond donors (Lipinski definition) is 1. The fourth-order valence-electron chi connectivity index (χ4n) is 2.94. The van der Waals surface area contributed by atoms with Gasteiger partial charge in [-0.25, -0.2) is 13.1 Å². The Morgan fingerprint density at radius 3 is 2.65 bits per heavy atom. The van der Waals surface area contributed by atoms with Gasteiger partial charge in [0.1, 0.15) is 0 Å². The van der Waals surface area contributed by atoms with Crippen LogP contribution in [0, 0.1) is 0 Å². The van der Waals surface area contributed by atoms with Crippen LogP contribution < -0.4 is 9.62 Å². The highest BCUT2D eigenvalue weighted by Crippen LogP contribution is 2.39. The third-order valence-electron chi connectivity index (χ3n) is 4.23. The molecule has 1 heterocycles. The average Bonchev–Trinajstić information content (AvgIpc) is 2.61. The van der Waals surface area contributed by atoms with Crippen LogP contribution >= 0.6 is 11.8 Å². The number of amides is 1. The molecule has 2 aromatic carbocycles. The Morgan fingerprint density at radius 2 is 1.96 bits per heavy atom. The summed E-state index contributed by atoms with van der Waals surface area (Å²) < 4.78 is 27.9. The first-order chi connectivity index (χ1) is 12.4. The fraction of sp³-hybridized carbons (Fsp3) is 0.316. The van der Waals surface area contributed by atoms with E-state index in [4.69, 9.17) is 0 Å². The maximum absolute atomic E-state index is 12.6. The molecule has 1 atom stereocenters. The van der Waals surface area contributed by atoms with Gasteiger partial charge in [-0.15, -0.1) is 11.8 Å². The summed E-state index contributed by atoms with van der Waals surface area (Å²) in [6, 6.07) is 14.7. The Labute approximate surface area is 158 Å². The molecule has 7 heteroatoms. The normalized spacial score (nSPS) is 17.0. The number of thioether (sulfide) groups is 1. The first kappa shape index (κ1) is 18.9. The Morgan fingerprint density at radius 1 is 1.23 bits per heavy atom. The van der Waals surface area contributed by atoms with Crippen molar-refractivity contribution >= 4 is 33.4 Å². The summed E-state index contributed by atoms with van der Waals surface area (Å²) in [5.74, 6) is -0.0324. The van der Waals surface area contributed by atoms with E-state index in [1.165, 1.54) is 6.92 Å². The minimum atomic E-state index is -3.59. The highest BCUT2D eigenvalue weighted by molar-refractivity contribution is 8.00. The number of nitrogens with zero attached hydrogens (tertiary/aromatic N) is 1. The molecule has 1 unspecified atom stereocenters. The summed E-state index contributed by atoms with van der Waals surface area (Å²) in [5.41, 5.74) is 1.87. The van der Waals surface area contributed by atoms with Crippen LogP contribution in [0.15, 0.2) is 58.3 Å². The smallest absolute Gasteiger partial charge is 0.240 e. The highest BCUT2D eigenvalue weighted by atomic mass is 32.2. The number of hydrogen-bond acceptors (Lipinski definition) is 4. The molecule has 3 rings (SSSR count). The molecule has 1 aliphatic rings. The first-order valence-electron chi connectivity index (χ1n) is 8.49. The molecule has 1 amide bonds. The summed E-state index contributed by atoms with van der Waals surface area (Å²) in [6.07, 6.45) is 0.634. The molecule has 0 saturated heterocycles. The van der Waals surface area contributed by atoms with Crippen LogP contribution in [0.5, 0.6) is 0 Å². The quantitative estimate of drug-likeness (QED) is 0.852. The number of fused-ring (bicyclic) bond motifs is 1. The maximum Gasteiger partial charge on any atom is 0.240 e. The van der Waals surface area contributed by atoms with E-state index in [0.29, 0.717) is 19.5 Å². The van der Waals surface area contributed by atoms with Crippen molar-refractivity contribution in [2.75, 3.05) is 18.0 Å². The maximum atomic E-state index is 12.6. The molecule has 0 fully saturated rings. The van der Waals surface area contributed by atoms with E-state index in [1.807, 2.05) is 37.3 Å². The molecule has 1 N–H and O–H groups in total. The molecular formula is C19H22N2O3S2. The van der Waals surface area contributed by atoms with E-state index in [9.17, 15) is 13.2 Å². The van der Waals surface area contributed by atoms with E-state index >= 15 is 0 Å². The van der Waals surface area contributed by atoms with Gasteiger partial charge in [-0.2, -0.15) is 0 Å². The van der Waals surface area contributed by atoms with Crippen molar-refractivity contribution in [3.05, 3.63) is 54.1 Å². The van der Waals surface area contributed by atoms with Gasteiger partial charge >= 0.3 is 0 Å². The molecule has 5 nitrogen and oxygen atoms in total.